The third kappa shape index (κ3) is 6.74. The molecule has 0 aliphatic rings. The number of aromatic nitrogens is 3. The number of nitrogen functional groups attached to an aromatic ring is 1. The molecule has 0 radical (unpaired) electrons. The van der Waals surface area contributed by atoms with Crippen LogP contribution < -0.4 is 5.73 Å². The van der Waals surface area contributed by atoms with Crippen molar-refractivity contribution in [1.82, 2.24) is 15.0 Å². The van der Waals surface area contributed by atoms with Gasteiger partial charge in [0.15, 0.2) is 11.9 Å². The summed E-state index contributed by atoms with van der Waals surface area (Å²) in [5.74, 6) is 0.451. The Morgan fingerprint density at radius 1 is 1.04 bits per heavy atom. The lowest BCUT2D eigenvalue weighted by Gasteiger charge is -1.94. The second-order valence-electron chi connectivity index (χ2n) is 5.01. The zero-order valence-electron chi connectivity index (χ0n) is 13.9. The van der Waals surface area contributed by atoms with E-state index in [1.807, 2.05) is 31.2 Å². The number of pyridine rings is 3. The number of nitrogens with two attached hydrogens (primary N) is 1. The molecule has 0 saturated carbocycles. The first-order valence-corrected chi connectivity index (χ1v) is 7.25. The van der Waals surface area contributed by atoms with E-state index in [9.17, 15) is 9.59 Å². The van der Waals surface area contributed by atoms with E-state index in [1.54, 1.807) is 24.5 Å². The van der Waals surface area contributed by atoms with Gasteiger partial charge >= 0.3 is 0 Å². The molecule has 0 unspecified atom stereocenters. The summed E-state index contributed by atoms with van der Waals surface area (Å²) in [7, 11) is 0. The Kier molecular flexibility index (Phi) is 7.70. The number of aldehydes is 1. The van der Waals surface area contributed by atoms with Crippen molar-refractivity contribution in [2.24, 2.45) is 0 Å². The molecule has 0 amide bonds. The van der Waals surface area contributed by atoms with Gasteiger partial charge in [-0.25, -0.2) is 15.0 Å². The van der Waals surface area contributed by atoms with Crippen LogP contribution >= 0.6 is 0 Å². The third-order valence-corrected chi connectivity index (χ3v) is 2.60. The number of anilines is 1. The van der Waals surface area contributed by atoms with E-state index < -0.39 is 0 Å². The maximum atomic E-state index is 10.1. The van der Waals surface area contributed by atoms with Crippen LogP contribution in [0.5, 0.6) is 0 Å². The predicted octanol–water partition coefficient (Wildman–Crippen LogP) is 3.01. The van der Waals surface area contributed by atoms with E-state index in [2.05, 4.69) is 15.0 Å². The number of aryl methyl sites for hydroxylation is 1. The van der Waals surface area contributed by atoms with Gasteiger partial charge in [-0.3, -0.25) is 4.79 Å². The molecule has 0 aromatic carbocycles. The van der Waals surface area contributed by atoms with Crippen molar-refractivity contribution in [3.8, 4) is 0 Å². The second kappa shape index (κ2) is 9.78. The minimum atomic E-state index is 0.167. The zero-order chi connectivity index (χ0) is 17.9. The molecule has 2 N–H and O–H groups in total. The van der Waals surface area contributed by atoms with Gasteiger partial charge in [0.1, 0.15) is 11.6 Å². The standard InChI is InChI=1S/C9H8N2.C6H6N2O.C3H6O/c1-7-4-5-8-3-2-6-10-9(8)11-7;7-6-5(4-9)2-1-3-8-6;1-3(2)4/h2-6H,1H3;1-4H,(H2,7,8);1-2H3. The number of rotatable bonds is 1. The summed E-state index contributed by atoms with van der Waals surface area (Å²) in [5, 5.41) is 1.10. The summed E-state index contributed by atoms with van der Waals surface area (Å²) in [5.41, 5.74) is 7.57. The van der Waals surface area contributed by atoms with Crippen molar-refractivity contribution in [1.29, 1.82) is 0 Å². The summed E-state index contributed by atoms with van der Waals surface area (Å²) in [6.07, 6.45) is 3.99. The average molecular weight is 324 g/mol. The summed E-state index contributed by atoms with van der Waals surface area (Å²) >= 11 is 0. The highest BCUT2D eigenvalue weighted by Crippen LogP contribution is 2.07. The van der Waals surface area contributed by atoms with Crippen LogP contribution in [0, 0.1) is 6.92 Å². The van der Waals surface area contributed by atoms with Crippen LogP contribution in [0.3, 0.4) is 0 Å². The highest BCUT2D eigenvalue weighted by atomic mass is 16.1. The quantitative estimate of drug-likeness (QED) is 0.691. The number of hydrogen-bond acceptors (Lipinski definition) is 6. The van der Waals surface area contributed by atoms with Crippen LogP contribution in [0.25, 0.3) is 11.0 Å². The molecule has 3 aromatic rings. The second-order valence-corrected chi connectivity index (χ2v) is 5.01. The third-order valence-electron chi connectivity index (χ3n) is 2.60. The minimum absolute atomic E-state index is 0.167. The largest absolute Gasteiger partial charge is 0.383 e. The van der Waals surface area contributed by atoms with Crippen LogP contribution in [-0.2, 0) is 4.79 Å². The smallest absolute Gasteiger partial charge is 0.159 e. The fourth-order valence-corrected chi connectivity index (χ4v) is 1.58. The number of ketones is 1. The van der Waals surface area contributed by atoms with E-state index in [-0.39, 0.29) is 11.6 Å². The summed E-state index contributed by atoms with van der Waals surface area (Å²) in [4.78, 5) is 31.6. The first-order valence-electron chi connectivity index (χ1n) is 7.25. The summed E-state index contributed by atoms with van der Waals surface area (Å²) < 4.78 is 0. The summed E-state index contributed by atoms with van der Waals surface area (Å²) in [6, 6.07) is 11.2. The highest BCUT2D eigenvalue weighted by Gasteiger charge is 1.93. The number of nitrogens with zero attached hydrogens (tertiary/aromatic N) is 3. The molecule has 3 aromatic heterocycles. The van der Waals surface area contributed by atoms with Crippen LogP contribution in [0.1, 0.15) is 29.9 Å². The maximum Gasteiger partial charge on any atom is 0.159 e. The van der Waals surface area contributed by atoms with Gasteiger partial charge in [-0.05, 0) is 57.2 Å². The van der Waals surface area contributed by atoms with Crippen LogP contribution in [-0.4, -0.2) is 27.0 Å². The van der Waals surface area contributed by atoms with Crippen LogP contribution in [0.4, 0.5) is 5.82 Å². The van der Waals surface area contributed by atoms with Crippen LogP contribution in [0.15, 0.2) is 48.8 Å². The number of hydrogen-bond donors (Lipinski definition) is 1. The molecule has 6 nitrogen and oxygen atoms in total. The van der Waals surface area contributed by atoms with Crippen molar-refractivity contribution in [3.63, 3.8) is 0 Å². The Morgan fingerprint density at radius 3 is 2.25 bits per heavy atom. The topological polar surface area (TPSA) is 98.8 Å². The molecular formula is C18H20N4O2. The number of carbonyl (C=O) groups is 2. The monoisotopic (exact) mass is 324 g/mol. The Morgan fingerprint density at radius 2 is 1.67 bits per heavy atom. The molecule has 0 saturated heterocycles. The Labute approximate surface area is 140 Å². The SMILES string of the molecule is CC(C)=O.Cc1ccc2cccnc2n1.Nc1ncccc1C=O. The molecule has 0 aliphatic heterocycles. The lowest BCUT2D eigenvalue weighted by atomic mass is 10.3. The summed E-state index contributed by atoms with van der Waals surface area (Å²) in [6.45, 7) is 5.02. The Bertz CT molecular complexity index is 815. The molecule has 3 rings (SSSR count). The fraction of sp³-hybridized carbons (Fsp3) is 0.167. The lowest BCUT2D eigenvalue weighted by molar-refractivity contribution is -0.114. The van der Waals surface area contributed by atoms with Gasteiger partial charge in [0.2, 0.25) is 0 Å². The van der Waals surface area contributed by atoms with Crippen molar-refractivity contribution in [2.75, 3.05) is 5.73 Å². The molecule has 0 fully saturated rings. The number of Topliss-reactive ketones (excluding diaryl/α,β-unsaturated/α-hetero) is 1. The van der Waals surface area contributed by atoms with Gasteiger partial charge in [-0.1, -0.05) is 0 Å². The normalized spacial score (nSPS) is 9.12. The first kappa shape index (κ1) is 18.9. The number of fused-ring (bicyclic) bond motifs is 1. The maximum absolute atomic E-state index is 10.1. The molecule has 0 atom stereocenters. The average Bonchev–Trinajstić information content (AvgIpc) is 2.55. The molecule has 0 spiro atoms. The van der Waals surface area contributed by atoms with Crippen molar-refractivity contribution >= 4 is 28.9 Å². The van der Waals surface area contributed by atoms with E-state index in [1.165, 1.54) is 13.8 Å². The lowest BCUT2D eigenvalue weighted by Crippen LogP contribution is -1.94. The van der Waals surface area contributed by atoms with Gasteiger partial charge in [0.05, 0.1) is 5.56 Å². The van der Waals surface area contributed by atoms with Gasteiger partial charge < -0.3 is 10.5 Å². The molecule has 0 aliphatic carbocycles. The Hall–Kier alpha value is -3.15. The van der Waals surface area contributed by atoms with Gasteiger partial charge in [0, 0.05) is 23.5 Å². The van der Waals surface area contributed by atoms with Crippen molar-refractivity contribution < 1.29 is 9.59 Å². The predicted molar refractivity (Wildman–Crippen MR) is 94.7 cm³/mol. The van der Waals surface area contributed by atoms with Gasteiger partial charge in [-0.15, -0.1) is 0 Å². The molecule has 0 bridgehead atoms. The Balaban J connectivity index is 0.000000201. The minimum Gasteiger partial charge on any atom is -0.383 e. The van der Waals surface area contributed by atoms with Gasteiger partial charge in [0.25, 0.3) is 0 Å². The van der Waals surface area contributed by atoms with Gasteiger partial charge in [-0.2, -0.15) is 0 Å². The van der Waals surface area contributed by atoms with E-state index in [0.29, 0.717) is 11.8 Å². The molecule has 3 heterocycles. The van der Waals surface area contributed by atoms with E-state index >= 15 is 0 Å². The molecular weight excluding hydrogens is 304 g/mol. The fourth-order valence-electron chi connectivity index (χ4n) is 1.58. The highest BCUT2D eigenvalue weighted by molar-refractivity contribution is 5.81. The van der Waals surface area contributed by atoms with E-state index in [4.69, 9.17) is 5.73 Å². The van der Waals surface area contributed by atoms with Crippen molar-refractivity contribution in [3.05, 3.63) is 60.0 Å². The molecule has 6 heteroatoms. The molecule has 124 valence electrons. The van der Waals surface area contributed by atoms with Crippen molar-refractivity contribution in [2.45, 2.75) is 20.8 Å². The van der Waals surface area contributed by atoms with Crippen LogP contribution in [0.2, 0.25) is 0 Å². The zero-order valence-corrected chi connectivity index (χ0v) is 13.9. The number of carbonyl (C=O) groups excluding carboxylic acids is 2. The van der Waals surface area contributed by atoms with E-state index in [0.717, 1.165) is 16.7 Å². The molecule has 24 heavy (non-hydrogen) atoms. The first-order chi connectivity index (χ1) is 11.4.